The Morgan fingerprint density at radius 2 is 1.80 bits per heavy atom. The van der Waals surface area contributed by atoms with Gasteiger partial charge in [0.1, 0.15) is 12.3 Å². The van der Waals surface area contributed by atoms with Crippen LogP contribution in [0.4, 0.5) is 0 Å². The van der Waals surface area contributed by atoms with Gasteiger partial charge in [0.05, 0.1) is 18.9 Å². The quantitative estimate of drug-likeness (QED) is 0.441. The van der Waals surface area contributed by atoms with Gasteiger partial charge in [-0.05, 0) is 48.0 Å². The van der Waals surface area contributed by atoms with Gasteiger partial charge in [0.15, 0.2) is 12.3 Å². The molecule has 1 aliphatic rings. The van der Waals surface area contributed by atoms with Crippen LogP contribution in [0.3, 0.4) is 0 Å². The van der Waals surface area contributed by atoms with Crippen molar-refractivity contribution in [2.45, 2.75) is 13.0 Å². The minimum Gasteiger partial charge on any atom is -1.00 e. The van der Waals surface area contributed by atoms with E-state index in [0.29, 0.717) is 0 Å². The summed E-state index contributed by atoms with van der Waals surface area (Å²) in [5, 5.41) is 0. The summed E-state index contributed by atoms with van der Waals surface area (Å²) in [5.41, 5.74) is 5.10. The first-order valence-corrected chi connectivity index (χ1v) is 8.22. The number of fused-ring (bicyclic) bond motifs is 1. The number of benzene rings is 2. The standard InChI is InChI=1S/C21H20NO2.HI/c1-23-18-10-8-16(9-11-18)15-22-13-12-17-5-2-3-6-19(17)21(22)20-7-4-14-24-20;/h2-11,14H,12-13,15H2,1H3;1H/q+1;/p-1. The van der Waals surface area contributed by atoms with Crippen molar-refractivity contribution < 1.29 is 37.7 Å². The van der Waals surface area contributed by atoms with Crippen LogP contribution in [0.15, 0.2) is 71.3 Å². The third-order valence-corrected chi connectivity index (χ3v) is 4.53. The number of ether oxygens (including phenoxy) is 1. The largest absolute Gasteiger partial charge is 1.00 e. The highest BCUT2D eigenvalue weighted by Crippen LogP contribution is 2.22. The van der Waals surface area contributed by atoms with E-state index in [-0.39, 0.29) is 24.0 Å². The van der Waals surface area contributed by atoms with E-state index in [0.717, 1.165) is 31.0 Å². The highest BCUT2D eigenvalue weighted by Gasteiger charge is 2.28. The van der Waals surface area contributed by atoms with Gasteiger partial charge >= 0.3 is 0 Å². The third kappa shape index (κ3) is 3.63. The van der Waals surface area contributed by atoms with Crippen molar-refractivity contribution in [3.63, 3.8) is 0 Å². The fourth-order valence-electron chi connectivity index (χ4n) is 3.32. The highest BCUT2D eigenvalue weighted by atomic mass is 127. The molecule has 0 saturated carbocycles. The molecule has 1 aliphatic heterocycles. The molecular formula is C21H20INO2. The minimum absolute atomic E-state index is 0. The molecule has 0 fully saturated rings. The average Bonchev–Trinajstić information content (AvgIpc) is 3.16. The van der Waals surface area contributed by atoms with Crippen molar-refractivity contribution in [3.8, 4) is 5.75 Å². The van der Waals surface area contributed by atoms with Gasteiger partial charge in [0.25, 0.3) is 5.71 Å². The molecule has 0 amide bonds. The molecule has 25 heavy (non-hydrogen) atoms. The molecule has 0 bridgehead atoms. The summed E-state index contributed by atoms with van der Waals surface area (Å²) in [6.45, 7) is 1.84. The Labute approximate surface area is 165 Å². The number of methoxy groups -OCH3 is 1. The lowest BCUT2D eigenvalue weighted by molar-refractivity contribution is -0.544. The molecule has 3 aromatic rings. The Balaban J connectivity index is 0.00000182. The number of hydrogen-bond donors (Lipinski definition) is 0. The Hall–Kier alpha value is -2.08. The van der Waals surface area contributed by atoms with Gasteiger partial charge in [-0.1, -0.05) is 18.2 Å². The van der Waals surface area contributed by atoms with E-state index >= 15 is 0 Å². The topological polar surface area (TPSA) is 25.4 Å². The SMILES string of the molecule is COc1ccc(C[N+]2=C(c3ccco3)c3ccccc3CC2)cc1.[I-]. The molecule has 2 aromatic carbocycles. The second-order valence-corrected chi connectivity index (χ2v) is 6.00. The molecule has 0 spiro atoms. The van der Waals surface area contributed by atoms with Crippen LogP contribution in [0, 0.1) is 0 Å². The molecule has 0 N–H and O–H groups in total. The maximum Gasteiger partial charge on any atom is 0.250 e. The molecule has 3 nitrogen and oxygen atoms in total. The number of nitrogens with zero attached hydrogens (tertiary/aromatic N) is 1. The molecule has 2 heterocycles. The van der Waals surface area contributed by atoms with Gasteiger partial charge in [-0.15, -0.1) is 0 Å². The fourth-order valence-corrected chi connectivity index (χ4v) is 3.32. The molecular weight excluding hydrogens is 425 g/mol. The molecule has 0 atom stereocenters. The van der Waals surface area contributed by atoms with Crippen molar-refractivity contribution in [2.24, 2.45) is 0 Å². The minimum atomic E-state index is 0. The molecule has 0 unspecified atom stereocenters. The maximum atomic E-state index is 5.74. The first kappa shape index (κ1) is 17.7. The number of furan rings is 1. The van der Waals surface area contributed by atoms with Crippen LogP contribution in [0.1, 0.15) is 22.5 Å². The van der Waals surface area contributed by atoms with E-state index in [1.165, 1.54) is 22.4 Å². The zero-order valence-corrected chi connectivity index (χ0v) is 16.3. The zero-order valence-electron chi connectivity index (χ0n) is 14.1. The second kappa shape index (κ2) is 7.87. The normalized spacial score (nSPS) is 13.2. The summed E-state index contributed by atoms with van der Waals surface area (Å²) in [7, 11) is 1.69. The number of halogens is 1. The predicted octanol–water partition coefficient (Wildman–Crippen LogP) is 0.898. The zero-order chi connectivity index (χ0) is 16.4. The van der Waals surface area contributed by atoms with Crippen LogP contribution in [0.5, 0.6) is 5.75 Å². The van der Waals surface area contributed by atoms with Crippen molar-refractivity contribution in [2.75, 3.05) is 13.7 Å². The fraction of sp³-hybridized carbons (Fsp3) is 0.190. The van der Waals surface area contributed by atoms with Gasteiger partial charge in [-0.2, -0.15) is 0 Å². The van der Waals surface area contributed by atoms with Gasteiger partial charge in [0.2, 0.25) is 0 Å². The summed E-state index contributed by atoms with van der Waals surface area (Å²) in [6.07, 6.45) is 2.79. The number of hydrogen-bond acceptors (Lipinski definition) is 2. The first-order chi connectivity index (χ1) is 11.8. The average molecular weight is 445 g/mol. The lowest BCUT2D eigenvalue weighted by atomic mass is 9.95. The predicted molar refractivity (Wildman–Crippen MR) is 93.9 cm³/mol. The Morgan fingerprint density at radius 1 is 1.00 bits per heavy atom. The molecule has 1 aromatic heterocycles. The molecule has 0 aliphatic carbocycles. The second-order valence-electron chi connectivity index (χ2n) is 6.00. The van der Waals surface area contributed by atoms with Crippen LogP contribution in [-0.4, -0.2) is 23.9 Å². The van der Waals surface area contributed by atoms with Gasteiger partial charge < -0.3 is 33.1 Å². The van der Waals surface area contributed by atoms with Crippen LogP contribution in [-0.2, 0) is 13.0 Å². The van der Waals surface area contributed by atoms with Crippen LogP contribution in [0.2, 0.25) is 0 Å². The van der Waals surface area contributed by atoms with Crippen LogP contribution in [0.25, 0.3) is 0 Å². The maximum absolute atomic E-state index is 5.74. The van der Waals surface area contributed by atoms with Gasteiger partial charge in [0, 0.05) is 12.0 Å². The summed E-state index contributed by atoms with van der Waals surface area (Å²) in [6, 6.07) is 20.9. The lowest BCUT2D eigenvalue weighted by Gasteiger charge is -2.17. The van der Waals surface area contributed by atoms with E-state index in [1.54, 1.807) is 13.4 Å². The van der Waals surface area contributed by atoms with Crippen LogP contribution >= 0.6 is 0 Å². The Morgan fingerprint density at radius 3 is 2.52 bits per heavy atom. The van der Waals surface area contributed by atoms with Crippen molar-refractivity contribution in [1.29, 1.82) is 0 Å². The molecule has 0 radical (unpaired) electrons. The molecule has 0 saturated heterocycles. The summed E-state index contributed by atoms with van der Waals surface area (Å²) in [5.74, 6) is 1.81. The van der Waals surface area contributed by atoms with Crippen LogP contribution < -0.4 is 28.7 Å². The summed E-state index contributed by atoms with van der Waals surface area (Å²) in [4.78, 5) is 0. The highest BCUT2D eigenvalue weighted by molar-refractivity contribution is 6.09. The molecule has 128 valence electrons. The molecule has 4 rings (SSSR count). The Kier molecular flexibility index (Phi) is 5.58. The van der Waals surface area contributed by atoms with E-state index < -0.39 is 0 Å². The van der Waals surface area contributed by atoms with E-state index in [1.807, 2.05) is 24.3 Å². The smallest absolute Gasteiger partial charge is 0.250 e. The first-order valence-electron chi connectivity index (χ1n) is 8.22. The van der Waals surface area contributed by atoms with E-state index in [9.17, 15) is 0 Å². The summed E-state index contributed by atoms with van der Waals surface area (Å²) < 4.78 is 13.4. The number of rotatable bonds is 4. The van der Waals surface area contributed by atoms with E-state index in [4.69, 9.17) is 9.15 Å². The molecule has 4 heteroatoms. The van der Waals surface area contributed by atoms with Crippen molar-refractivity contribution in [3.05, 3.63) is 89.4 Å². The van der Waals surface area contributed by atoms with Gasteiger partial charge in [-0.3, -0.25) is 0 Å². The van der Waals surface area contributed by atoms with Crippen molar-refractivity contribution >= 4 is 5.71 Å². The van der Waals surface area contributed by atoms with E-state index in [2.05, 4.69) is 41.0 Å². The van der Waals surface area contributed by atoms with Crippen molar-refractivity contribution in [1.82, 2.24) is 0 Å². The Bertz CT molecular complexity index is 867. The lowest BCUT2D eigenvalue weighted by Crippen LogP contribution is -3.00. The monoisotopic (exact) mass is 445 g/mol. The third-order valence-electron chi connectivity index (χ3n) is 4.53. The van der Waals surface area contributed by atoms with Gasteiger partial charge in [-0.25, -0.2) is 4.58 Å². The summed E-state index contributed by atoms with van der Waals surface area (Å²) >= 11 is 0.